The zero-order chi connectivity index (χ0) is 9.80. The lowest BCUT2D eigenvalue weighted by atomic mass is 10.2. The van der Waals surface area contributed by atoms with Gasteiger partial charge in [0, 0.05) is 38.8 Å². The maximum atomic E-state index is 3.44. The fourth-order valence-corrected chi connectivity index (χ4v) is 2.49. The molecule has 2 rings (SSSR count). The predicted molar refractivity (Wildman–Crippen MR) is 59.6 cm³/mol. The number of piperazine rings is 1. The van der Waals surface area contributed by atoms with E-state index < -0.39 is 0 Å². The van der Waals surface area contributed by atoms with E-state index in [0.717, 1.165) is 6.04 Å². The minimum Gasteiger partial charge on any atom is -0.314 e. The van der Waals surface area contributed by atoms with E-state index in [1.165, 1.54) is 58.7 Å². The number of nitrogens with zero attached hydrogens (tertiary/aromatic N) is 2. The molecule has 0 aliphatic carbocycles. The highest BCUT2D eigenvalue weighted by Crippen LogP contribution is 2.08. The summed E-state index contributed by atoms with van der Waals surface area (Å²) in [6, 6.07) is 0.728. The third kappa shape index (κ3) is 2.69. The van der Waals surface area contributed by atoms with E-state index in [-0.39, 0.29) is 0 Å². The van der Waals surface area contributed by atoms with E-state index in [9.17, 15) is 0 Å². The van der Waals surface area contributed by atoms with Gasteiger partial charge in [-0.15, -0.1) is 0 Å². The van der Waals surface area contributed by atoms with Crippen LogP contribution in [0, 0.1) is 0 Å². The Morgan fingerprint density at radius 1 is 1.14 bits per heavy atom. The summed E-state index contributed by atoms with van der Waals surface area (Å²) in [6.07, 6.45) is 2.83. The van der Waals surface area contributed by atoms with Crippen LogP contribution in [-0.4, -0.2) is 61.7 Å². The summed E-state index contributed by atoms with van der Waals surface area (Å²) in [5.41, 5.74) is 0. The Balaban J connectivity index is 1.67. The molecule has 14 heavy (non-hydrogen) atoms. The fourth-order valence-electron chi connectivity index (χ4n) is 2.49. The average molecular weight is 197 g/mol. The van der Waals surface area contributed by atoms with Crippen molar-refractivity contribution in [1.29, 1.82) is 0 Å². The molecule has 0 aromatic rings. The summed E-state index contributed by atoms with van der Waals surface area (Å²) in [5, 5.41) is 3.44. The first kappa shape index (κ1) is 10.4. The standard InChI is InChI=1S/C11H23N3/c1-11-10-12-4-7-14(11)9-8-13-5-2-3-6-13/h11-12H,2-10H2,1H3/t11-/m1/s1. The van der Waals surface area contributed by atoms with Gasteiger partial charge in [-0.1, -0.05) is 0 Å². The van der Waals surface area contributed by atoms with Crippen molar-refractivity contribution in [2.75, 3.05) is 45.8 Å². The maximum Gasteiger partial charge on any atom is 0.0193 e. The molecule has 0 saturated carbocycles. The molecule has 82 valence electrons. The van der Waals surface area contributed by atoms with Crippen molar-refractivity contribution in [1.82, 2.24) is 15.1 Å². The van der Waals surface area contributed by atoms with Crippen LogP contribution in [0.2, 0.25) is 0 Å². The van der Waals surface area contributed by atoms with Gasteiger partial charge in [0.1, 0.15) is 0 Å². The van der Waals surface area contributed by atoms with E-state index in [2.05, 4.69) is 22.0 Å². The third-order valence-electron chi connectivity index (χ3n) is 3.54. The molecule has 2 heterocycles. The molecule has 0 unspecified atom stereocenters. The van der Waals surface area contributed by atoms with Gasteiger partial charge in [0.05, 0.1) is 0 Å². The van der Waals surface area contributed by atoms with E-state index in [1.54, 1.807) is 0 Å². The average Bonchev–Trinajstić information content (AvgIpc) is 2.69. The Bertz CT molecular complexity index is 166. The van der Waals surface area contributed by atoms with Crippen molar-refractivity contribution >= 4 is 0 Å². The van der Waals surface area contributed by atoms with E-state index >= 15 is 0 Å². The normalized spacial score (nSPS) is 31.1. The molecule has 1 N–H and O–H groups in total. The van der Waals surface area contributed by atoms with Crippen molar-refractivity contribution in [2.45, 2.75) is 25.8 Å². The van der Waals surface area contributed by atoms with Crippen LogP contribution in [0.4, 0.5) is 0 Å². The highest BCUT2D eigenvalue weighted by atomic mass is 15.2. The Kier molecular flexibility index (Phi) is 3.79. The fraction of sp³-hybridized carbons (Fsp3) is 1.00. The van der Waals surface area contributed by atoms with Crippen LogP contribution in [0.5, 0.6) is 0 Å². The molecule has 0 radical (unpaired) electrons. The second-order valence-corrected chi connectivity index (χ2v) is 4.64. The van der Waals surface area contributed by atoms with Gasteiger partial charge < -0.3 is 10.2 Å². The molecule has 0 aromatic heterocycles. The highest BCUT2D eigenvalue weighted by Gasteiger charge is 2.19. The van der Waals surface area contributed by atoms with E-state index in [4.69, 9.17) is 0 Å². The van der Waals surface area contributed by atoms with Gasteiger partial charge in [0.15, 0.2) is 0 Å². The molecule has 1 atom stereocenters. The Hall–Kier alpha value is -0.120. The predicted octanol–water partition coefficient (Wildman–Crippen LogP) is 0.376. The molecular formula is C11H23N3. The van der Waals surface area contributed by atoms with Crippen molar-refractivity contribution in [3.05, 3.63) is 0 Å². The number of rotatable bonds is 3. The summed E-state index contributed by atoms with van der Waals surface area (Å²) >= 11 is 0. The molecule has 0 spiro atoms. The van der Waals surface area contributed by atoms with Crippen molar-refractivity contribution in [3.63, 3.8) is 0 Å². The van der Waals surface area contributed by atoms with Gasteiger partial charge in [0.2, 0.25) is 0 Å². The lowest BCUT2D eigenvalue weighted by Gasteiger charge is -2.34. The Morgan fingerprint density at radius 3 is 2.64 bits per heavy atom. The second-order valence-electron chi connectivity index (χ2n) is 4.64. The van der Waals surface area contributed by atoms with Gasteiger partial charge in [-0.2, -0.15) is 0 Å². The first-order valence-corrected chi connectivity index (χ1v) is 6.03. The smallest absolute Gasteiger partial charge is 0.0193 e. The minimum absolute atomic E-state index is 0.728. The van der Waals surface area contributed by atoms with E-state index in [1.807, 2.05) is 0 Å². The lowest BCUT2D eigenvalue weighted by Crippen LogP contribution is -2.51. The van der Waals surface area contributed by atoms with Crippen LogP contribution < -0.4 is 5.32 Å². The summed E-state index contributed by atoms with van der Waals surface area (Å²) < 4.78 is 0. The zero-order valence-electron chi connectivity index (χ0n) is 9.34. The van der Waals surface area contributed by atoms with Gasteiger partial charge in [-0.3, -0.25) is 4.90 Å². The van der Waals surface area contributed by atoms with Crippen LogP contribution >= 0.6 is 0 Å². The molecule has 2 fully saturated rings. The van der Waals surface area contributed by atoms with Crippen LogP contribution in [0.3, 0.4) is 0 Å². The van der Waals surface area contributed by atoms with Crippen LogP contribution in [0.25, 0.3) is 0 Å². The van der Waals surface area contributed by atoms with Gasteiger partial charge in [0.25, 0.3) is 0 Å². The molecule has 2 aliphatic heterocycles. The highest BCUT2D eigenvalue weighted by molar-refractivity contribution is 4.77. The van der Waals surface area contributed by atoms with Gasteiger partial charge in [-0.05, 0) is 32.9 Å². The SMILES string of the molecule is C[C@@H]1CNCCN1CCN1CCCC1. The summed E-state index contributed by atoms with van der Waals surface area (Å²) in [4.78, 5) is 5.23. The molecule has 2 aliphatic rings. The summed E-state index contributed by atoms with van der Waals surface area (Å²) in [5.74, 6) is 0. The Morgan fingerprint density at radius 2 is 1.93 bits per heavy atom. The summed E-state index contributed by atoms with van der Waals surface area (Å²) in [7, 11) is 0. The maximum absolute atomic E-state index is 3.44. The summed E-state index contributed by atoms with van der Waals surface area (Å²) in [6.45, 7) is 11.1. The molecular weight excluding hydrogens is 174 g/mol. The van der Waals surface area contributed by atoms with E-state index in [0.29, 0.717) is 0 Å². The van der Waals surface area contributed by atoms with Gasteiger partial charge in [-0.25, -0.2) is 0 Å². The second kappa shape index (κ2) is 5.10. The van der Waals surface area contributed by atoms with Gasteiger partial charge >= 0.3 is 0 Å². The largest absolute Gasteiger partial charge is 0.314 e. The third-order valence-corrected chi connectivity index (χ3v) is 3.54. The molecule has 0 amide bonds. The quantitative estimate of drug-likeness (QED) is 0.705. The number of hydrogen-bond donors (Lipinski definition) is 1. The van der Waals surface area contributed by atoms with Crippen LogP contribution in [-0.2, 0) is 0 Å². The number of hydrogen-bond acceptors (Lipinski definition) is 3. The zero-order valence-corrected chi connectivity index (χ0v) is 9.34. The first-order valence-electron chi connectivity index (χ1n) is 6.03. The monoisotopic (exact) mass is 197 g/mol. The number of likely N-dealkylation sites (tertiary alicyclic amines) is 1. The van der Waals surface area contributed by atoms with Crippen LogP contribution in [0.1, 0.15) is 19.8 Å². The van der Waals surface area contributed by atoms with Crippen molar-refractivity contribution in [3.8, 4) is 0 Å². The molecule has 2 saturated heterocycles. The molecule has 3 heteroatoms. The molecule has 3 nitrogen and oxygen atoms in total. The first-order chi connectivity index (χ1) is 6.86. The molecule has 0 bridgehead atoms. The minimum atomic E-state index is 0.728. The topological polar surface area (TPSA) is 18.5 Å². The Labute approximate surface area is 87.4 Å². The van der Waals surface area contributed by atoms with Crippen molar-refractivity contribution < 1.29 is 0 Å². The number of nitrogens with one attached hydrogen (secondary N) is 1. The molecule has 0 aromatic carbocycles. The van der Waals surface area contributed by atoms with Crippen molar-refractivity contribution in [2.24, 2.45) is 0 Å². The van der Waals surface area contributed by atoms with Crippen LogP contribution in [0.15, 0.2) is 0 Å². The lowest BCUT2D eigenvalue weighted by molar-refractivity contribution is 0.153.